The van der Waals surface area contributed by atoms with Crippen LogP contribution in [0, 0.1) is 0 Å². The quantitative estimate of drug-likeness (QED) is 0.157. The molecule has 0 aliphatic carbocycles. The molecule has 0 saturated carbocycles. The van der Waals surface area contributed by atoms with Crippen molar-refractivity contribution in [3.63, 3.8) is 0 Å². The van der Waals surface area contributed by atoms with Gasteiger partial charge in [-0.2, -0.15) is 0 Å². The lowest BCUT2D eigenvalue weighted by Crippen LogP contribution is -1.91. The smallest absolute Gasteiger partial charge is 0.0534 e. The van der Waals surface area contributed by atoms with Gasteiger partial charge in [-0.25, -0.2) is 0 Å². The lowest BCUT2D eigenvalue weighted by molar-refractivity contribution is 1.65. The molecule has 0 aliphatic heterocycles. The molecule has 0 radical (unpaired) electrons. The van der Waals surface area contributed by atoms with Gasteiger partial charge in [0.2, 0.25) is 0 Å². The minimum atomic E-state index is 1.23. The summed E-state index contributed by atoms with van der Waals surface area (Å²) in [5, 5.41) is 15.8. The second-order valence-electron chi connectivity index (χ2n) is 15.1. The molecule has 0 atom stereocenters. The Hall–Kier alpha value is -6.36. The molecular formula is C54H30S3. The zero-order valence-electron chi connectivity index (χ0n) is 30.5. The topological polar surface area (TPSA) is 0 Å². The summed E-state index contributed by atoms with van der Waals surface area (Å²) in [4.78, 5) is 0. The summed E-state index contributed by atoms with van der Waals surface area (Å²) in [5.74, 6) is 0. The molecule has 13 rings (SSSR count). The maximum absolute atomic E-state index is 2.46. The molecule has 3 aromatic heterocycles. The number of fused-ring (bicyclic) bond motifs is 14. The highest BCUT2D eigenvalue weighted by Gasteiger charge is 2.20. The second kappa shape index (κ2) is 12.1. The highest BCUT2D eigenvalue weighted by Crippen LogP contribution is 2.49. The summed E-state index contributed by atoms with van der Waals surface area (Å²) >= 11 is 5.75. The Morgan fingerprint density at radius 3 is 1.33 bits per heavy atom. The van der Waals surface area contributed by atoms with Crippen molar-refractivity contribution in [1.29, 1.82) is 0 Å². The van der Waals surface area contributed by atoms with Gasteiger partial charge in [-0.1, -0.05) is 152 Å². The Balaban J connectivity index is 0.997. The first-order valence-electron chi connectivity index (χ1n) is 19.4. The molecule has 10 aromatic carbocycles. The number of thiophene rings is 3. The predicted octanol–water partition coefficient (Wildman–Crippen LogP) is 17.3. The molecule has 0 amide bonds. The van der Waals surface area contributed by atoms with Gasteiger partial charge in [0.1, 0.15) is 0 Å². The van der Waals surface area contributed by atoms with Crippen LogP contribution in [0.4, 0.5) is 0 Å². The summed E-state index contributed by atoms with van der Waals surface area (Å²) in [5.41, 5.74) is 7.60. The zero-order chi connectivity index (χ0) is 37.2. The lowest BCUT2D eigenvalue weighted by Gasteiger charge is -2.18. The molecule has 0 fully saturated rings. The molecule has 0 nitrogen and oxygen atoms in total. The van der Waals surface area contributed by atoms with Gasteiger partial charge in [0.15, 0.2) is 0 Å². The SMILES string of the molecule is c1ccc2c(c1)sc1ccc(-c3c4ccccc4c(-c4ccc(-c5cc6c7ccc8c9ccccc9sc8c7sc6c6ccccc56)cc4)c4ccccc34)cc12. The highest BCUT2D eigenvalue weighted by atomic mass is 32.1. The van der Waals surface area contributed by atoms with Crippen LogP contribution in [-0.4, -0.2) is 0 Å². The van der Waals surface area contributed by atoms with Crippen LogP contribution in [0.2, 0.25) is 0 Å². The monoisotopic (exact) mass is 774 g/mol. The largest absolute Gasteiger partial charge is 0.135 e. The summed E-state index contributed by atoms with van der Waals surface area (Å²) in [6.07, 6.45) is 0. The van der Waals surface area contributed by atoms with Crippen molar-refractivity contribution in [3.8, 4) is 33.4 Å². The van der Waals surface area contributed by atoms with Crippen LogP contribution in [0.1, 0.15) is 0 Å². The van der Waals surface area contributed by atoms with Crippen molar-refractivity contribution in [3.05, 3.63) is 182 Å². The lowest BCUT2D eigenvalue weighted by atomic mass is 9.85. The number of benzene rings is 10. The van der Waals surface area contributed by atoms with Crippen LogP contribution in [0.3, 0.4) is 0 Å². The first-order chi connectivity index (χ1) is 28.3. The van der Waals surface area contributed by atoms with E-state index < -0.39 is 0 Å². The number of hydrogen-bond acceptors (Lipinski definition) is 3. The van der Waals surface area contributed by atoms with Gasteiger partial charge in [-0.3, -0.25) is 0 Å². The maximum Gasteiger partial charge on any atom is 0.0534 e. The molecule has 0 bridgehead atoms. The number of hydrogen-bond donors (Lipinski definition) is 0. The van der Waals surface area contributed by atoms with Crippen molar-refractivity contribution in [2.45, 2.75) is 0 Å². The van der Waals surface area contributed by atoms with Crippen molar-refractivity contribution in [1.82, 2.24) is 0 Å². The van der Waals surface area contributed by atoms with Gasteiger partial charge in [0, 0.05) is 56.5 Å². The minimum Gasteiger partial charge on any atom is -0.135 e. The zero-order valence-corrected chi connectivity index (χ0v) is 33.0. The summed E-state index contributed by atoms with van der Waals surface area (Å²) in [7, 11) is 0. The van der Waals surface area contributed by atoms with Crippen LogP contribution in [0.15, 0.2) is 182 Å². The van der Waals surface area contributed by atoms with Gasteiger partial charge in [0.05, 0.1) is 9.40 Å². The van der Waals surface area contributed by atoms with Crippen molar-refractivity contribution < 1.29 is 0 Å². The van der Waals surface area contributed by atoms with E-state index in [0.29, 0.717) is 0 Å². The third-order valence-electron chi connectivity index (χ3n) is 12.1. The van der Waals surface area contributed by atoms with Gasteiger partial charge in [-0.05, 0) is 90.6 Å². The third-order valence-corrected chi connectivity index (χ3v) is 15.8. The van der Waals surface area contributed by atoms with E-state index in [2.05, 4.69) is 182 Å². The fourth-order valence-corrected chi connectivity index (χ4v) is 13.3. The van der Waals surface area contributed by atoms with E-state index in [9.17, 15) is 0 Å². The Morgan fingerprint density at radius 1 is 0.228 bits per heavy atom. The van der Waals surface area contributed by atoms with E-state index in [1.165, 1.54) is 126 Å². The first-order valence-corrected chi connectivity index (χ1v) is 21.9. The molecule has 57 heavy (non-hydrogen) atoms. The van der Waals surface area contributed by atoms with E-state index in [1.54, 1.807) is 0 Å². The van der Waals surface area contributed by atoms with Gasteiger partial charge in [-0.15, -0.1) is 34.0 Å². The van der Waals surface area contributed by atoms with E-state index >= 15 is 0 Å². The Morgan fingerprint density at radius 2 is 0.667 bits per heavy atom. The molecule has 0 spiro atoms. The highest BCUT2D eigenvalue weighted by molar-refractivity contribution is 7.34. The Kier molecular flexibility index (Phi) is 6.73. The predicted molar refractivity (Wildman–Crippen MR) is 254 cm³/mol. The van der Waals surface area contributed by atoms with E-state index in [0.717, 1.165) is 0 Å². The average Bonchev–Trinajstić information content (AvgIpc) is 3.97. The number of rotatable bonds is 3. The Labute approximate surface area is 340 Å². The van der Waals surface area contributed by atoms with E-state index in [-0.39, 0.29) is 0 Å². The Bertz CT molecular complexity index is 3740. The standard InChI is InChI=1S/C54H30S3/c1-6-18-41-34(11-1)44(30-46-43-27-26-42-35-12-7-10-20-48(35)56-53(42)54(43)57-52(41)46)31-21-23-32(24-22-31)50-37-14-2-4-16-39(37)51(40-17-5-3-15-38(40)50)33-25-28-49-45(29-33)36-13-8-9-19-47(36)55-49/h1-30H. The van der Waals surface area contributed by atoms with Crippen LogP contribution in [0.25, 0.3) is 126 Å². The molecule has 0 N–H and O–H groups in total. The van der Waals surface area contributed by atoms with Gasteiger partial charge < -0.3 is 0 Å². The second-order valence-corrected chi connectivity index (χ2v) is 18.2. The normalized spacial score (nSPS) is 12.2. The molecule has 13 aromatic rings. The van der Waals surface area contributed by atoms with E-state index in [1.807, 2.05) is 34.0 Å². The summed E-state index contributed by atoms with van der Waals surface area (Å²) in [6, 6.07) is 68.2. The van der Waals surface area contributed by atoms with Crippen molar-refractivity contribution in [2.24, 2.45) is 0 Å². The molecule has 3 heteroatoms. The van der Waals surface area contributed by atoms with Gasteiger partial charge >= 0.3 is 0 Å². The fourth-order valence-electron chi connectivity index (χ4n) is 9.53. The molecule has 0 aliphatic rings. The van der Waals surface area contributed by atoms with Crippen LogP contribution in [-0.2, 0) is 0 Å². The maximum atomic E-state index is 2.46. The molecule has 264 valence electrons. The molecule has 0 saturated heterocycles. The molecule has 0 unspecified atom stereocenters. The summed E-state index contributed by atoms with van der Waals surface area (Å²) in [6.45, 7) is 0. The van der Waals surface area contributed by atoms with Crippen LogP contribution < -0.4 is 0 Å². The van der Waals surface area contributed by atoms with Crippen molar-refractivity contribution in [2.75, 3.05) is 0 Å². The average molecular weight is 775 g/mol. The van der Waals surface area contributed by atoms with Crippen LogP contribution >= 0.6 is 34.0 Å². The third kappa shape index (κ3) is 4.59. The molecular weight excluding hydrogens is 745 g/mol. The van der Waals surface area contributed by atoms with Gasteiger partial charge in [0.25, 0.3) is 0 Å². The van der Waals surface area contributed by atoms with E-state index in [4.69, 9.17) is 0 Å². The fraction of sp³-hybridized carbons (Fsp3) is 0. The minimum absolute atomic E-state index is 1.23. The summed E-state index contributed by atoms with van der Waals surface area (Å²) < 4.78 is 8.19. The molecule has 3 heterocycles. The van der Waals surface area contributed by atoms with Crippen molar-refractivity contribution >= 4 is 127 Å². The first kappa shape index (κ1) is 31.8. The van der Waals surface area contributed by atoms with Crippen LogP contribution in [0.5, 0.6) is 0 Å².